The number of aromatic hydroxyl groups is 1. The molecule has 5 N–H and O–H groups in total. The Kier molecular flexibility index (Phi) is 8.23. The molecule has 1 amide bonds. The third-order valence-corrected chi connectivity index (χ3v) is 7.12. The normalized spacial score (nSPS) is 12.8. The first-order valence-electron chi connectivity index (χ1n) is 13.2. The van der Waals surface area contributed by atoms with Gasteiger partial charge >= 0.3 is 0 Å². The summed E-state index contributed by atoms with van der Waals surface area (Å²) in [6.07, 6.45) is -0.219. The molecule has 4 aromatic rings. The molecule has 0 radical (unpaired) electrons. The van der Waals surface area contributed by atoms with E-state index in [2.05, 4.69) is 41.6 Å². The number of phenolic OH excluding ortho intramolecular Hbond substituents is 1. The van der Waals surface area contributed by atoms with Crippen molar-refractivity contribution in [1.29, 1.82) is 0 Å². The van der Waals surface area contributed by atoms with Crippen LogP contribution in [0.3, 0.4) is 0 Å². The first-order chi connectivity index (χ1) is 18.4. The van der Waals surface area contributed by atoms with Crippen molar-refractivity contribution in [3.63, 3.8) is 0 Å². The van der Waals surface area contributed by atoms with Gasteiger partial charge in [0, 0.05) is 41.1 Å². The number of phenols is 1. The van der Waals surface area contributed by atoms with Crippen molar-refractivity contribution in [1.82, 2.24) is 15.6 Å². The lowest BCUT2D eigenvalue weighted by Gasteiger charge is -2.29. The summed E-state index contributed by atoms with van der Waals surface area (Å²) >= 11 is 0. The number of aromatic amines is 1. The zero-order valence-electron chi connectivity index (χ0n) is 22.9. The van der Waals surface area contributed by atoms with Crippen LogP contribution < -0.4 is 16.2 Å². The molecule has 4 rings (SSSR count). The van der Waals surface area contributed by atoms with Gasteiger partial charge in [0.2, 0.25) is 5.56 Å². The molecule has 0 saturated carbocycles. The summed E-state index contributed by atoms with van der Waals surface area (Å²) in [6, 6.07) is 23.9. The molecule has 1 heterocycles. The monoisotopic (exact) mass is 527 g/mol. The maximum Gasteiger partial charge on any atom is 0.251 e. The fourth-order valence-corrected chi connectivity index (χ4v) is 4.82. The number of aliphatic hydroxyl groups is 1. The highest BCUT2D eigenvalue weighted by molar-refractivity contribution is 5.94. The van der Waals surface area contributed by atoms with E-state index in [1.807, 2.05) is 56.3 Å². The van der Waals surface area contributed by atoms with Crippen molar-refractivity contribution in [3.8, 4) is 5.75 Å². The third-order valence-electron chi connectivity index (χ3n) is 7.12. The molecule has 0 aliphatic heterocycles. The van der Waals surface area contributed by atoms with E-state index in [9.17, 15) is 19.8 Å². The number of hydrogen-bond acceptors (Lipinski definition) is 5. The highest BCUT2D eigenvalue weighted by atomic mass is 16.3. The van der Waals surface area contributed by atoms with Crippen molar-refractivity contribution in [3.05, 3.63) is 111 Å². The maximum atomic E-state index is 13.0. The van der Waals surface area contributed by atoms with E-state index in [1.165, 1.54) is 17.7 Å². The summed E-state index contributed by atoms with van der Waals surface area (Å²) in [5.41, 5.74) is 2.80. The minimum Gasteiger partial charge on any atom is -0.506 e. The highest BCUT2D eigenvalue weighted by Crippen LogP contribution is 2.29. The zero-order valence-corrected chi connectivity index (χ0v) is 22.9. The second kappa shape index (κ2) is 11.4. The van der Waals surface area contributed by atoms with Gasteiger partial charge in [0.1, 0.15) is 5.75 Å². The number of β-amino-alcohol motifs (C(OH)–C–C–N with tert-alkyl or cyclic N) is 1. The van der Waals surface area contributed by atoms with Crippen LogP contribution in [0.15, 0.2) is 83.7 Å². The van der Waals surface area contributed by atoms with Gasteiger partial charge in [-0.2, -0.15) is 0 Å². The first kappa shape index (κ1) is 28.1. The van der Waals surface area contributed by atoms with E-state index in [0.29, 0.717) is 35.0 Å². The van der Waals surface area contributed by atoms with Crippen LogP contribution in [0.5, 0.6) is 5.75 Å². The van der Waals surface area contributed by atoms with Crippen molar-refractivity contribution < 1.29 is 15.0 Å². The van der Waals surface area contributed by atoms with Gasteiger partial charge in [-0.3, -0.25) is 9.59 Å². The molecule has 7 heteroatoms. The average molecular weight is 528 g/mol. The van der Waals surface area contributed by atoms with Crippen LogP contribution in [0, 0.1) is 0 Å². The van der Waals surface area contributed by atoms with Gasteiger partial charge in [0.05, 0.1) is 11.6 Å². The number of pyridine rings is 1. The summed E-state index contributed by atoms with van der Waals surface area (Å²) in [6.45, 7) is 9.10. The number of carbonyl (C=O) groups excluding carboxylic acids is 1. The Hall–Kier alpha value is -3.94. The van der Waals surface area contributed by atoms with Crippen LogP contribution in [-0.2, 0) is 11.8 Å². The Balaban J connectivity index is 1.38. The lowest BCUT2D eigenvalue weighted by molar-refractivity contribution is 0.0945. The molecule has 0 unspecified atom stereocenters. The van der Waals surface area contributed by atoms with Gasteiger partial charge in [-0.05, 0) is 61.2 Å². The van der Waals surface area contributed by atoms with E-state index in [4.69, 9.17) is 0 Å². The quantitative estimate of drug-likeness (QED) is 0.207. The third kappa shape index (κ3) is 6.93. The Morgan fingerprint density at radius 3 is 2.44 bits per heavy atom. The number of fused-ring (bicyclic) bond motifs is 1. The number of aromatic nitrogens is 1. The summed E-state index contributed by atoms with van der Waals surface area (Å²) < 4.78 is 0. The Bertz CT molecular complexity index is 1510. The predicted molar refractivity (Wildman–Crippen MR) is 155 cm³/mol. The summed E-state index contributed by atoms with van der Waals surface area (Å²) in [4.78, 5) is 27.3. The standard InChI is InChI=1S/C32H37N3O4/c1-31(2,23-11-6-5-7-12-23)20-33-30(39)22-10-8-9-21(17-22)18-32(3,4)34-19-27(37)24-13-15-26(36)29-25(24)14-16-28(38)35-29/h5-17,27,34,36-37H,18-20H2,1-4H3,(H,33,39)(H,35,38)/t27-/m0/s1. The van der Waals surface area contributed by atoms with E-state index in [-0.39, 0.29) is 34.7 Å². The van der Waals surface area contributed by atoms with Crippen molar-refractivity contribution in [2.45, 2.75) is 51.2 Å². The largest absolute Gasteiger partial charge is 0.506 e. The number of rotatable bonds is 10. The molecule has 1 atom stereocenters. The number of benzene rings is 3. The van der Waals surface area contributed by atoms with Gasteiger partial charge in [-0.25, -0.2) is 0 Å². The lowest BCUT2D eigenvalue weighted by atomic mass is 9.84. The number of H-pyrrole nitrogens is 1. The second-order valence-electron chi connectivity index (χ2n) is 11.4. The smallest absolute Gasteiger partial charge is 0.251 e. The summed E-state index contributed by atoms with van der Waals surface area (Å²) in [5.74, 6) is -0.154. The van der Waals surface area contributed by atoms with Crippen LogP contribution >= 0.6 is 0 Å². The minimum atomic E-state index is -0.858. The molecule has 0 fully saturated rings. The molecule has 3 aromatic carbocycles. The van der Waals surface area contributed by atoms with Crippen LogP contribution in [0.1, 0.15) is 60.8 Å². The fourth-order valence-electron chi connectivity index (χ4n) is 4.82. The number of nitrogens with one attached hydrogen (secondary N) is 3. The molecule has 0 bridgehead atoms. The van der Waals surface area contributed by atoms with E-state index in [0.717, 1.165) is 5.56 Å². The van der Waals surface area contributed by atoms with E-state index in [1.54, 1.807) is 12.1 Å². The number of amides is 1. The Labute approximate surface area is 228 Å². The average Bonchev–Trinajstić information content (AvgIpc) is 2.91. The fraction of sp³-hybridized carbons (Fsp3) is 0.312. The van der Waals surface area contributed by atoms with Gasteiger partial charge in [-0.1, -0.05) is 62.4 Å². The maximum absolute atomic E-state index is 13.0. The summed E-state index contributed by atoms with van der Waals surface area (Å²) in [7, 11) is 0. The lowest BCUT2D eigenvalue weighted by Crippen LogP contribution is -2.43. The molecule has 0 aliphatic rings. The van der Waals surface area contributed by atoms with Gasteiger partial charge in [0.25, 0.3) is 5.91 Å². The topological polar surface area (TPSA) is 114 Å². The summed E-state index contributed by atoms with van der Waals surface area (Å²) in [5, 5.41) is 28.2. The number of hydrogen-bond donors (Lipinski definition) is 5. The van der Waals surface area contributed by atoms with Gasteiger partial charge in [0.15, 0.2) is 0 Å². The first-order valence-corrected chi connectivity index (χ1v) is 13.2. The molecule has 0 spiro atoms. The predicted octanol–water partition coefficient (Wildman–Crippen LogP) is 4.59. The molecular formula is C32H37N3O4. The molecule has 204 valence electrons. The van der Waals surface area contributed by atoms with Crippen molar-refractivity contribution in [2.75, 3.05) is 13.1 Å². The zero-order chi connectivity index (χ0) is 28.2. The van der Waals surface area contributed by atoms with Crippen LogP contribution in [0.4, 0.5) is 0 Å². The number of carbonyl (C=O) groups is 1. The molecule has 0 saturated heterocycles. The Morgan fingerprint density at radius 1 is 0.949 bits per heavy atom. The highest BCUT2D eigenvalue weighted by Gasteiger charge is 2.23. The Morgan fingerprint density at radius 2 is 1.69 bits per heavy atom. The van der Waals surface area contributed by atoms with Crippen molar-refractivity contribution >= 4 is 16.8 Å². The van der Waals surface area contributed by atoms with E-state index >= 15 is 0 Å². The van der Waals surface area contributed by atoms with Gasteiger partial charge in [-0.15, -0.1) is 0 Å². The van der Waals surface area contributed by atoms with Crippen LogP contribution in [0.25, 0.3) is 10.9 Å². The van der Waals surface area contributed by atoms with Crippen LogP contribution in [-0.4, -0.2) is 39.7 Å². The van der Waals surface area contributed by atoms with Crippen LogP contribution in [0.2, 0.25) is 0 Å². The molecule has 1 aromatic heterocycles. The van der Waals surface area contributed by atoms with Crippen molar-refractivity contribution in [2.24, 2.45) is 0 Å². The molecule has 7 nitrogen and oxygen atoms in total. The molecule has 39 heavy (non-hydrogen) atoms. The van der Waals surface area contributed by atoms with E-state index < -0.39 is 6.10 Å². The van der Waals surface area contributed by atoms with Gasteiger partial charge < -0.3 is 25.8 Å². The SMILES string of the molecule is CC(C)(Cc1cccc(C(=O)NCC(C)(C)c2ccccc2)c1)NC[C@H](O)c1ccc(O)c2[nH]c(=O)ccc12. The second-order valence-corrected chi connectivity index (χ2v) is 11.4. The molecule has 0 aliphatic carbocycles. The minimum absolute atomic E-state index is 0.0421. The number of aliphatic hydroxyl groups excluding tert-OH is 1. The molecular weight excluding hydrogens is 490 g/mol.